The molecule has 3 rings (SSSR count). The van der Waals surface area contributed by atoms with Gasteiger partial charge in [-0.3, -0.25) is 9.59 Å². The molecule has 1 atom stereocenters. The van der Waals surface area contributed by atoms with Gasteiger partial charge in [0.2, 0.25) is 15.9 Å². The van der Waals surface area contributed by atoms with Gasteiger partial charge in [0.05, 0.1) is 30.2 Å². The number of amides is 2. The van der Waals surface area contributed by atoms with Crippen molar-refractivity contribution in [3.8, 4) is 5.75 Å². The Hall–Kier alpha value is -2.75. The molecule has 0 radical (unpaired) electrons. The number of methoxy groups -OCH3 is 1. The van der Waals surface area contributed by atoms with Crippen LogP contribution in [0.15, 0.2) is 53.4 Å². The molecule has 27 heavy (non-hydrogen) atoms. The SMILES string of the molecule is COc1ccc(N2C(=O)C[C@H](NCc3ccc(S(N)(=O)=O)cc3)C2=O)cc1. The third-order valence-electron chi connectivity index (χ3n) is 4.28. The highest BCUT2D eigenvalue weighted by molar-refractivity contribution is 7.89. The Morgan fingerprint density at radius 1 is 1.11 bits per heavy atom. The van der Waals surface area contributed by atoms with Crippen LogP contribution in [-0.4, -0.2) is 33.4 Å². The standard InChI is InChI=1S/C18H19N3O5S/c1-26-14-6-4-13(5-7-14)21-17(22)10-16(18(21)23)20-11-12-2-8-15(9-3-12)27(19,24)25/h2-9,16,20H,10-11H2,1H3,(H2,19,24,25)/t16-/m0/s1. The minimum atomic E-state index is -3.74. The van der Waals surface area contributed by atoms with Crippen molar-refractivity contribution in [3.63, 3.8) is 0 Å². The van der Waals surface area contributed by atoms with E-state index in [9.17, 15) is 18.0 Å². The number of carbonyl (C=O) groups is 2. The highest BCUT2D eigenvalue weighted by Crippen LogP contribution is 2.25. The Labute approximate surface area is 157 Å². The Kier molecular flexibility index (Phi) is 5.26. The molecule has 8 nitrogen and oxygen atoms in total. The van der Waals surface area contributed by atoms with Gasteiger partial charge in [-0.1, -0.05) is 12.1 Å². The van der Waals surface area contributed by atoms with Crippen LogP contribution in [0.3, 0.4) is 0 Å². The molecule has 0 aromatic heterocycles. The lowest BCUT2D eigenvalue weighted by molar-refractivity contribution is -0.121. The number of nitrogens with two attached hydrogens (primary N) is 1. The van der Waals surface area contributed by atoms with Gasteiger partial charge in [-0.05, 0) is 42.0 Å². The van der Waals surface area contributed by atoms with Crippen LogP contribution >= 0.6 is 0 Å². The van der Waals surface area contributed by atoms with Crippen LogP contribution in [0.25, 0.3) is 0 Å². The minimum absolute atomic E-state index is 0.0176. The number of ether oxygens (including phenoxy) is 1. The van der Waals surface area contributed by atoms with E-state index >= 15 is 0 Å². The second-order valence-electron chi connectivity index (χ2n) is 6.09. The van der Waals surface area contributed by atoms with Crippen molar-refractivity contribution in [2.45, 2.75) is 23.9 Å². The van der Waals surface area contributed by atoms with Crippen LogP contribution in [0.2, 0.25) is 0 Å². The summed E-state index contributed by atoms with van der Waals surface area (Å²) in [5.41, 5.74) is 1.26. The van der Waals surface area contributed by atoms with E-state index in [2.05, 4.69) is 5.32 Å². The van der Waals surface area contributed by atoms with E-state index in [-0.39, 0.29) is 23.1 Å². The van der Waals surface area contributed by atoms with E-state index in [0.717, 1.165) is 10.5 Å². The summed E-state index contributed by atoms with van der Waals surface area (Å²) in [5, 5.41) is 8.10. The van der Waals surface area contributed by atoms with Crippen LogP contribution < -0.4 is 20.1 Å². The van der Waals surface area contributed by atoms with E-state index < -0.39 is 16.1 Å². The van der Waals surface area contributed by atoms with Crippen LogP contribution in [0.1, 0.15) is 12.0 Å². The topological polar surface area (TPSA) is 119 Å². The van der Waals surface area contributed by atoms with Gasteiger partial charge in [0.25, 0.3) is 5.91 Å². The molecule has 3 N–H and O–H groups in total. The summed E-state index contributed by atoms with van der Waals surface area (Å²) >= 11 is 0. The molecular formula is C18H19N3O5S. The predicted octanol–water partition coefficient (Wildman–Crippen LogP) is 0.764. The van der Waals surface area contributed by atoms with Gasteiger partial charge < -0.3 is 10.1 Å². The summed E-state index contributed by atoms with van der Waals surface area (Å²) in [7, 11) is -2.21. The van der Waals surface area contributed by atoms with E-state index in [1.54, 1.807) is 36.4 Å². The zero-order valence-electron chi connectivity index (χ0n) is 14.6. The first-order valence-corrected chi connectivity index (χ1v) is 9.70. The van der Waals surface area contributed by atoms with Crippen LogP contribution in [-0.2, 0) is 26.2 Å². The number of nitrogens with zero attached hydrogens (tertiary/aromatic N) is 1. The summed E-state index contributed by atoms with van der Waals surface area (Å²) in [6.07, 6.45) is 0.0557. The Morgan fingerprint density at radius 3 is 2.30 bits per heavy atom. The second kappa shape index (κ2) is 7.47. The molecule has 0 unspecified atom stereocenters. The van der Waals surface area contributed by atoms with Gasteiger partial charge in [0.15, 0.2) is 0 Å². The third-order valence-corrected chi connectivity index (χ3v) is 5.21. The lowest BCUT2D eigenvalue weighted by atomic mass is 10.2. The maximum Gasteiger partial charge on any atom is 0.251 e. The predicted molar refractivity (Wildman–Crippen MR) is 98.5 cm³/mol. The summed E-state index contributed by atoms with van der Waals surface area (Å²) < 4.78 is 27.6. The van der Waals surface area contributed by atoms with Crippen LogP contribution in [0.4, 0.5) is 5.69 Å². The van der Waals surface area contributed by atoms with Crippen LogP contribution in [0, 0.1) is 0 Å². The quantitative estimate of drug-likeness (QED) is 0.704. The molecule has 2 aromatic rings. The maximum atomic E-state index is 12.6. The van der Waals surface area contributed by atoms with Gasteiger partial charge in [0, 0.05) is 6.54 Å². The van der Waals surface area contributed by atoms with Crippen molar-refractivity contribution < 1.29 is 22.7 Å². The number of nitrogens with one attached hydrogen (secondary N) is 1. The Bertz CT molecular complexity index is 955. The number of carbonyl (C=O) groups excluding carboxylic acids is 2. The zero-order chi connectivity index (χ0) is 19.6. The van der Waals surface area contributed by atoms with Crippen molar-refractivity contribution in [1.29, 1.82) is 0 Å². The summed E-state index contributed by atoms with van der Waals surface area (Å²) in [4.78, 5) is 26.0. The van der Waals surface area contributed by atoms with E-state index in [1.807, 2.05) is 0 Å². The normalized spacial score (nSPS) is 17.4. The fourth-order valence-electron chi connectivity index (χ4n) is 2.83. The lowest BCUT2D eigenvalue weighted by Gasteiger charge is -2.16. The second-order valence-corrected chi connectivity index (χ2v) is 7.65. The molecule has 2 amide bonds. The highest BCUT2D eigenvalue weighted by Gasteiger charge is 2.39. The monoisotopic (exact) mass is 389 g/mol. The van der Waals surface area contributed by atoms with Crippen molar-refractivity contribution in [1.82, 2.24) is 5.32 Å². The molecule has 9 heteroatoms. The van der Waals surface area contributed by atoms with E-state index in [0.29, 0.717) is 18.0 Å². The van der Waals surface area contributed by atoms with Crippen molar-refractivity contribution in [2.24, 2.45) is 5.14 Å². The molecule has 2 aromatic carbocycles. The first-order valence-electron chi connectivity index (χ1n) is 8.15. The van der Waals surface area contributed by atoms with Crippen molar-refractivity contribution in [2.75, 3.05) is 12.0 Å². The first kappa shape index (κ1) is 19.0. The van der Waals surface area contributed by atoms with Gasteiger partial charge in [0.1, 0.15) is 5.75 Å². The zero-order valence-corrected chi connectivity index (χ0v) is 15.4. The molecule has 1 aliphatic heterocycles. The Morgan fingerprint density at radius 2 is 1.74 bits per heavy atom. The molecule has 0 aliphatic carbocycles. The fourth-order valence-corrected chi connectivity index (χ4v) is 3.35. The average Bonchev–Trinajstić information content (AvgIpc) is 2.93. The number of anilines is 1. The number of rotatable bonds is 6. The minimum Gasteiger partial charge on any atom is -0.497 e. The number of primary sulfonamides is 1. The maximum absolute atomic E-state index is 12.6. The van der Waals surface area contributed by atoms with Gasteiger partial charge in [-0.25, -0.2) is 18.5 Å². The summed E-state index contributed by atoms with van der Waals surface area (Å²) in [6.45, 7) is 0.311. The summed E-state index contributed by atoms with van der Waals surface area (Å²) in [6, 6.07) is 12.1. The molecule has 1 fully saturated rings. The number of benzene rings is 2. The van der Waals surface area contributed by atoms with E-state index in [4.69, 9.17) is 9.88 Å². The average molecular weight is 389 g/mol. The highest BCUT2D eigenvalue weighted by atomic mass is 32.2. The Balaban J connectivity index is 1.66. The van der Waals surface area contributed by atoms with Gasteiger partial charge in [-0.15, -0.1) is 0 Å². The molecule has 1 saturated heterocycles. The van der Waals surface area contributed by atoms with Gasteiger partial charge >= 0.3 is 0 Å². The smallest absolute Gasteiger partial charge is 0.251 e. The molecular weight excluding hydrogens is 370 g/mol. The van der Waals surface area contributed by atoms with Crippen molar-refractivity contribution in [3.05, 3.63) is 54.1 Å². The first-order chi connectivity index (χ1) is 12.8. The van der Waals surface area contributed by atoms with Crippen LogP contribution in [0.5, 0.6) is 5.75 Å². The molecule has 1 aliphatic rings. The fraction of sp³-hybridized carbons (Fsp3) is 0.222. The number of hydrogen-bond donors (Lipinski definition) is 2. The third kappa shape index (κ3) is 4.16. The van der Waals surface area contributed by atoms with E-state index in [1.165, 1.54) is 19.2 Å². The number of sulfonamides is 1. The number of hydrogen-bond acceptors (Lipinski definition) is 6. The van der Waals surface area contributed by atoms with Gasteiger partial charge in [-0.2, -0.15) is 0 Å². The number of imide groups is 1. The molecule has 0 spiro atoms. The molecule has 1 heterocycles. The van der Waals surface area contributed by atoms with Crippen molar-refractivity contribution >= 4 is 27.5 Å². The molecule has 0 bridgehead atoms. The summed E-state index contributed by atoms with van der Waals surface area (Å²) in [5.74, 6) is 0.0222. The lowest BCUT2D eigenvalue weighted by Crippen LogP contribution is -2.38. The molecule has 0 saturated carbocycles. The molecule has 142 valence electrons. The largest absolute Gasteiger partial charge is 0.497 e.